The molecule has 28 heavy (non-hydrogen) atoms. The largest absolute Gasteiger partial charge is 0.300 e. The number of fused-ring (bicyclic) bond motifs is 1. The van der Waals surface area contributed by atoms with Crippen molar-refractivity contribution in [3.8, 4) is 0 Å². The first-order valence-electron chi connectivity index (χ1n) is 8.95. The molecular weight excluding hydrogens is 378 g/mol. The number of nitrogens with zero attached hydrogens (tertiary/aromatic N) is 1. The van der Waals surface area contributed by atoms with E-state index in [1.807, 2.05) is 31.3 Å². The van der Waals surface area contributed by atoms with Crippen LogP contribution in [0.3, 0.4) is 0 Å². The van der Waals surface area contributed by atoms with E-state index in [9.17, 15) is 18.0 Å². The summed E-state index contributed by atoms with van der Waals surface area (Å²) in [6, 6.07) is 12.0. The number of sulfonamides is 1. The van der Waals surface area contributed by atoms with Crippen LogP contribution in [-0.2, 0) is 23.1 Å². The summed E-state index contributed by atoms with van der Waals surface area (Å²) in [5.41, 5.74) is 2.19. The molecule has 2 N–H and O–H groups in total. The lowest BCUT2D eigenvalue weighted by atomic mass is 10.1. The molecule has 2 aromatic carbocycles. The number of rotatable bonds is 7. The molecule has 0 unspecified atom stereocenters. The Hall–Kier alpha value is -2.55. The monoisotopic (exact) mass is 401 g/mol. The van der Waals surface area contributed by atoms with Gasteiger partial charge in [0.2, 0.25) is 10.0 Å². The zero-order chi connectivity index (χ0) is 20.5. The van der Waals surface area contributed by atoms with Crippen LogP contribution in [0.1, 0.15) is 45.7 Å². The number of hydrogen-bond acceptors (Lipinski definition) is 5. The van der Waals surface area contributed by atoms with Gasteiger partial charge in [0.1, 0.15) is 0 Å². The standard InChI is InChI=1S/C20H23N3O4S/c1-13(2)23(3)12-15-7-5-4-6-14(15)11-21-28(26,27)16-8-9-17-18(10-16)20(25)22-19(17)24/h4-10,13,21H,11-12H2,1-3H3,(H,22,24,25). The Morgan fingerprint density at radius 2 is 1.64 bits per heavy atom. The molecule has 1 aliphatic heterocycles. The molecule has 0 spiro atoms. The number of nitrogens with one attached hydrogen (secondary N) is 2. The minimum atomic E-state index is -3.84. The van der Waals surface area contributed by atoms with Gasteiger partial charge in [-0.2, -0.15) is 0 Å². The van der Waals surface area contributed by atoms with Crippen LogP contribution in [0.5, 0.6) is 0 Å². The minimum absolute atomic E-state index is 0.0483. The van der Waals surface area contributed by atoms with E-state index in [0.717, 1.165) is 11.1 Å². The molecule has 0 saturated carbocycles. The predicted octanol–water partition coefficient (Wildman–Crippen LogP) is 1.89. The number of imide groups is 1. The third kappa shape index (κ3) is 4.14. The van der Waals surface area contributed by atoms with Gasteiger partial charge in [-0.1, -0.05) is 24.3 Å². The average Bonchev–Trinajstić information content (AvgIpc) is 2.94. The van der Waals surface area contributed by atoms with Gasteiger partial charge in [0, 0.05) is 19.1 Å². The van der Waals surface area contributed by atoms with Crippen molar-refractivity contribution in [1.82, 2.24) is 14.9 Å². The van der Waals surface area contributed by atoms with Gasteiger partial charge in [0.15, 0.2) is 0 Å². The molecule has 0 atom stereocenters. The van der Waals surface area contributed by atoms with E-state index < -0.39 is 21.8 Å². The summed E-state index contributed by atoms with van der Waals surface area (Å²) < 4.78 is 28.0. The van der Waals surface area contributed by atoms with E-state index in [0.29, 0.717) is 12.6 Å². The smallest absolute Gasteiger partial charge is 0.258 e. The first-order chi connectivity index (χ1) is 13.2. The van der Waals surface area contributed by atoms with E-state index in [2.05, 4.69) is 28.8 Å². The Morgan fingerprint density at radius 3 is 2.32 bits per heavy atom. The van der Waals surface area contributed by atoms with E-state index in [1.54, 1.807) is 0 Å². The lowest BCUT2D eigenvalue weighted by Crippen LogP contribution is -2.28. The molecule has 1 aliphatic rings. The average molecular weight is 401 g/mol. The lowest BCUT2D eigenvalue weighted by molar-refractivity contribution is 0.0879. The molecule has 0 aliphatic carbocycles. The normalized spacial score (nSPS) is 13.9. The second-order valence-electron chi connectivity index (χ2n) is 7.09. The molecule has 0 radical (unpaired) electrons. The molecule has 2 amide bonds. The highest BCUT2D eigenvalue weighted by Crippen LogP contribution is 2.21. The summed E-state index contributed by atoms with van der Waals surface area (Å²) in [6.07, 6.45) is 0. The maximum Gasteiger partial charge on any atom is 0.258 e. The van der Waals surface area contributed by atoms with Gasteiger partial charge in [-0.25, -0.2) is 13.1 Å². The van der Waals surface area contributed by atoms with Crippen molar-refractivity contribution < 1.29 is 18.0 Å². The molecule has 1 heterocycles. The van der Waals surface area contributed by atoms with Crippen molar-refractivity contribution in [3.63, 3.8) is 0 Å². The van der Waals surface area contributed by atoms with E-state index in [4.69, 9.17) is 0 Å². The molecule has 2 aromatic rings. The second-order valence-corrected chi connectivity index (χ2v) is 8.86. The van der Waals surface area contributed by atoms with Crippen molar-refractivity contribution in [2.24, 2.45) is 0 Å². The zero-order valence-electron chi connectivity index (χ0n) is 16.0. The highest BCUT2D eigenvalue weighted by Gasteiger charge is 2.28. The molecule has 0 aromatic heterocycles. The Kier molecular flexibility index (Phi) is 5.64. The Labute approximate surface area is 164 Å². The molecule has 3 rings (SSSR count). The number of carbonyl (C=O) groups is 2. The Bertz CT molecular complexity index is 1030. The van der Waals surface area contributed by atoms with Gasteiger partial charge in [0.05, 0.1) is 16.0 Å². The van der Waals surface area contributed by atoms with Crippen LogP contribution < -0.4 is 10.0 Å². The van der Waals surface area contributed by atoms with Gasteiger partial charge in [-0.15, -0.1) is 0 Å². The number of hydrogen-bond donors (Lipinski definition) is 2. The van der Waals surface area contributed by atoms with Crippen LogP contribution in [0.2, 0.25) is 0 Å². The predicted molar refractivity (Wildman–Crippen MR) is 105 cm³/mol. The van der Waals surface area contributed by atoms with Crippen LogP contribution in [0, 0.1) is 0 Å². The topological polar surface area (TPSA) is 95.6 Å². The molecule has 0 saturated heterocycles. The van der Waals surface area contributed by atoms with Crippen molar-refractivity contribution in [2.75, 3.05) is 7.05 Å². The van der Waals surface area contributed by atoms with E-state index >= 15 is 0 Å². The summed E-state index contributed by atoms with van der Waals surface area (Å²) in [5.74, 6) is -1.10. The molecule has 7 nitrogen and oxygen atoms in total. The molecular formula is C20H23N3O4S. The summed E-state index contributed by atoms with van der Waals surface area (Å²) in [6.45, 7) is 5.03. The van der Waals surface area contributed by atoms with Gasteiger partial charge >= 0.3 is 0 Å². The van der Waals surface area contributed by atoms with E-state index in [1.165, 1.54) is 18.2 Å². The summed E-state index contributed by atoms with van der Waals surface area (Å²) >= 11 is 0. The molecule has 0 fully saturated rings. The highest BCUT2D eigenvalue weighted by molar-refractivity contribution is 7.89. The summed E-state index contributed by atoms with van der Waals surface area (Å²) in [7, 11) is -1.82. The van der Waals surface area contributed by atoms with Gasteiger partial charge < -0.3 is 0 Å². The van der Waals surface area contributed by atoms with Crippen LogP contribution in [0.4, 0.5) is 0 Å². The SMILES string of the molecule is CC(C)N(C)Cc1ccccc1CNS(=O)(=O)c1ccc2c(c1)C(=O)NC2=O. The fraction of sp³-hybridized carbons (Fsp3) is 0.300. The fourth-order valence-corrected chi connectivity index (χ4v) is 3.94. The Morgan fingerprint density at radius 1 is 1.00 bits per heavy atom. The third-order valence-corrected chi connectivity index (χ3v) is 6.29. The second kappa shape index (κ2) is 7.83. The maximum atomic E-state index is 12.7. The summed E-state index contributed by atoms with van der Waals surface area (Å²) in [5, 5.41) is 2.16. The van der Waals surface area contributed by atoms with Crippen molar-refractivity contribution in [3.05, 3.63) is 64.7 Å². The van der Waals surface area contributed by atoms with Crippen molar-refractivity contribution in [2.45, 2.75) is 37.9 Å². The summed E-state index contributed by atoms with van der Waals surface area (Å²) in [4.78, 5) is 25.5. The van der Waals surface area contributed by atoms with Crippen molar-refractivity contribution in [1.29, 1.82) is 0 Å². The van der Waals surface area contributed by atoms with Gasteiger partial charge in [-0.3, -0.25) is 19.8 Å². The number of amides is 2. The number of carbonyl (C=O) groups excluding carboxylic acids is 2. The third-order valence-electron chi connectivity index (χ3n) is 4.89. The van der Waals surface area contributed by atoms with Gasteiger partial charge in [-0.05, 0) is 50.2 Å². The van der Waals surface area contributed by atoms with Crippen LogP contribution in [0.25, 0.3) is 0 Å². The first-order valence-corrected chi connectivity index (χ1v) is 10.4. The lowest BCUT2D eigenvalue weighted by Gasteiger charge is -2.22. The Balaban J connectivity index is 1.79. The number of benzene rings is 2. The molecule has 0 bridgehead atoms. The molecule has 148 valence electrons. The van der Waals surface area contributed by atoms with Gasteiger partial charge in [0.25, 0.3) is 11.8 Å². The molecule has 8 heteroatoms. The fourth-order valence-electron chi connectivity index (χ4n) is 2.91. The van der Waals surface area contributed by atoms with Crippen molar-refractivity contribution >= 4 is 21.8 Å². The highest BCUT2D eigenvalue weighted by atomic mass is 32.2. The minimum Gasteiger partial charge on any atom is -0.300 e. The quantitative estimate of drug-likeness (QED) is 0.691. The van der Waals surface area contributed by atoms with E-state index in [-0.39, 0.29) is 22.6 Å². The first kappa shape index (κ1) is 20.2. The maximum absolute atomic E-state index is 12.7. The zero-order valence-corrected chi connectivity index (χ0v) is 16.8. The van der Waals surface area contributed by atoms with Crippen LogP contribution in [0.15, 0.2) is 47.4 Å². The van der Waals surface area contributed by atoms with Crippen LogP contribution >= 0.6 is 0 Å². The van der Waals surface area contributed by atoms with Crippen LogP contribution in [-0.4, -0.2) is 38.2 Å².